The number of hydrogen-bond donors (Lipinski definition) is 1. The molecule has 1 N–H and O–H groups in total. The van der Waals surface area contributed by atoms with Crippen LogP contribution in [0, 0.1) is 0 Å². The molecule has 2 heterocycles. The highest BCUT2D eigenvalue weighted by Gasteiger charge is 2.44. The van der Waals surface area contributed by atoms with E-state index in [-0.39, 0.29) is 17.9 Å². The van der Waals surface area contributed by atoms with Crippen LogP contribution in [0.15, 0.2) is 42.1 Å². The molecule has 7 heteroatoms. The number of likely N-dealkylation sites (tertiary alicyclic amines) is 1. The van der Waals surface area contributed by atoms with Crippen LogP contribution in [0.4, 0.5) is 0 Å². The van der Waals surface area contributed by atoms with Crippen LogP contribution >= 0.6 is 0 Å². The lowest BCUT2D eigenvalue weighted by molar-refractivity contribution is -0.116. The van der Waals surface area contributed by atoms with Gasteiger partial charge in [-0.25, -0.2) is 0 Å². The second kappa shape index (κ2) is 8.27. The zero-order chi connectivity index (χ0) is 20.3. The van der Waals surface area contributed by atoms with Gasteiger partial charge in [0.15, 0.2) is 0 Å². The van der Waals surface area contributed by atoms with Gasteiger partial charge in [-0.2, -0.15) is 0 Å². The molecule has 0 bridgehead atoms. The van der Waals surface area contributed by atoms with E-state index in [1.807, 2.05) is 4.90 Å². The number of carbonyl (C=O) groups is 2. The van der Waals surface area contributed by atoms with Gasteiger partial charge in [0.25, 0.3) is 11.8 Å². The fourth-order valence-corrected chi connectivity index (χ4v) is 3.88. The van der Waals surface area contributed by atoms with Crippen LogP contribution in [0.3, 0.4) is 0 Å². The Bertz CT molecular complexity index is 806. The van der Waals surface area contributed by atoms with E-state index in [1.165, 1.54) is 6.42 Å². The first kappa shape index (κ1) is 19.5. The van der Waals surface area contributed by atoms with Crippen molar-refractivity contribution in [1.82, 2.24) is 10.2 Å². The van der Waals surface area contributed by atoms with Crippen molar-refractivity contribution < 1.29 is 19.2 Å². The number of piperidine rings is 1. The predicted octanol–water partition coefficient (Wildman–Crippen LogP) is 2.67. The van der Waals surface area contributed by atoms with Gasteiger partial charge in [0.05, 0.1) is 0 Å². The number of carbonyl (C=O) groups excluding carboxylic acids is 2. The van der Waals surface area contributed by atoms with Crippen molar-refractivity contribution in [3.05, 3.63) is 42.5 Å². The van der Waals surface area contributed by atoms with E-state index in [4.69, 9.17) is 9.57 Å². The van der Waals surface area contributed by atoms with E-state index in [0.717, 1.165) is 12.8 Å². The van der Waals surface area contributed by atoms with Crippen LogP contribution in [-0.2, 0) is 9.63 Å². The summed E-state index contributed by atoms with van der Waals surface area (Å²) < 4.78 is 5.46. The molecule has 1 aromatic carbocycles. The van der Waals surface area contributed by atoms with Gasteiger partial charge in [-0.3, -0.25) is 9.59 Å². The van der Waals surface area contributed by atoms with Gasteiger partial charge >= 0.3 is 0 Å². The zero-order valence-corrected chi connectivity index (χ0v) is 16.6. The topological polar surface area (TPSA) is 80.2 Å². The summed E-state index contributed by atoms with van der Waals surface area (Å²) in [6.07, 6.45) is 6.80. The molecule has 1 saturated heterocycles. The average Bonchev–Trinajstić information content (AvgIpc) is 3.13. The standard InChI is InChI=1S/C22H27N3O4/c1-2-14-28-18-8-6-16(7-9-18)21(27)25-12-10-22(11-13-25)15-19(24-29-22)20(26)23-17-4-3-5-17/h2,6-9,17H,1,3-5,10-15H2,(H,23,26). The zero-order valence-electron chi connectivity index (χ0n) is 16.6. The second-order valence-corrected chi connectivity index (χ2v) is 8.01. The largest absolute Gasteiger partial charge is 0.490 e. The third kappa shape index (κ3) is 4.28. The molecule has 2 amide bonds. The van der Waals surface area contributed by atoms with E-state index >= 15 is 0 Å². The molecule has 7 nitrogen and oxygen atoms in total. The van der Waals surface area contributed by atoms with E-state index < -0.39 is 5.60 Å². The Morgan fingerprint density at radius 2 is 2.00 bits per heavy atom. The van der Waals surface area contributed by atoms with Gasteiger partial charge in [0.1, 0.15) is 23.7 Å². The summed E-state index contributed by atoms with van der Waals surface area (Å²) in [6, 6.07) is 7.44. The van der Waals surface area contributed by atoms with Crippen LogP contribution in [0.1, 0.15) is 48.9 Å². The lowest BCUT2D eigenvalue weighted by Gasteiger charge is -2.37. The van der Waals surface area contributed by atoms with E-state index in [2.05, 4.69) is 17.1 Å². The summed E-state index contributed by atoms with van der Waals surface area (Å²) in [4.78, 5) is 32.7. The maximum atomic E-state index is 12.8. The number of rotatable bonds is 6. The van der Waals surface area contributed by atoms with Crippen molar-refractivity contribution in [3.63, 3.8) is 0 Å². The predicted molar refractivity (Wildman–Crippen MR) is 109 cm³/mol. The van der Waals surface area contributed by atoms with E-state index in [0.29, 0.717) is 56.0 Å². The van der Waals surface area contributed by atoms with Crippen LogP contribution < -0.4 is 10.1 Å². The molecule has 2 aliphatic heterocycles. The van der Waals surface area contributed by atoms with Crippen LogP contribution in [-0.4, -0.2) is 53.8 Å². The summed E-state index contributed by atoms with van der Waals surface area (Å²) in [6.45, 7) is 5.22. The molecule has 0 radical (unpaired) electrons. The Labute approximate surface area is 170 Å². The third-order valence-corrected chi connectivity index (χ3v) is 5.97. The third-order valence-electron chi connectivity index (χ3n) is 5.97. The number of hydrogen-bond acceptors (Lipinski definition) is 5. The minimum atomic E-state index is -0.453. The lowest BCUT2D eigenvalue weighted by Crippen LogP contribution is -2.48. The van der Waals surface area contributed by atoms with Crippen molar-refractivity contribution in [2.45, 2.75) is 50.2 Å². The molecule has 154 valence electrons. The fraction of sp³-hybridized carbons (Fsp3) is 0.500. The van der Waals surface area contributed by atoms with E-state index in [9.17, 15) is 9.59 Å². The molecular formula is C22H27N3O4. The summed E-state index contributed by atoms with van der Waals surface area (Å²) in [5, 5.41) is 7.08. The molecule has 1 saturated carbocycles. The number of nitrogens with one attached hydrogen (secondary N) is 1. The van der Waals surface area contributed by atoms with Gasteiger partial charge in [-0.15, -0.1) is 0 Å². The monoisotopic (exact) mass is 397 g/mol. The quantitative estimate of drug-likeness (QED) is 0.749. The first-order valence-electron chi connectivity index (χ1n) is 10.3. The normalized spacial score (nSPS) is 20.4. The van der Waals surface area contributed by atoms with Crippen LogP contribution in [0.5, 0.6) is 5.75 Å². The van der Waals surface area contributed by atoms with Crippen molar-refractivity contribution in [3.8, 4) is 5.75 Å². The number of ether oxygens (including phenoxy) is 1. The molecule has 2 fully saturated rings. The highest BCUT2D eigenvalue weighted by molar-refractivity contribution is 6.39. The Kier molecular flexibility index (Phi) is 5.56. The van der Waals surface area contributed by atoms with Gasteiger partial charge < -0.3 is 19.8 Å². The second-order valence-electron chi connectivity index (χ2n) is 8.01. The number of nitrogens with zero attached hydrogens (tertiary/aromatic N) is 2. The number of oxime groups is 1. The van der Waals surface area contributed by atoms with Crippen molar-refractivity contribution in [1.29, 1.82) is 0 Å². The Hall–Kier alpha value is -2.83. The molecule has 1 spiro atoms. The highest BCUT2D eigenvalue weighted by Crippen LogP contribution is 2.35. The van der Waals surface area contributed by atoms with Crippen LogP contribution in [0.25, 0.3) is 0 Å². The minimum Gasteiger partial charge on any atom is -0.490 e. The lowest BCUT2D eigenvalue weighted by atomic mass is 9.86. The SMILES string of the molecule is C=CCOc1ccc(C(=O)N2CCC3(CC2)CC(C(=O)NC2CCC2)=NO3)cc1. The smallest absolute Gasteiger partial charge is 0.269 e. The maximum Gasteiger partial charge on any atom is 0.269 e. The first-order chi connectivity index (χ1) is 14.1. The highest BCUT2D eigenvalue weighted by atomic mass is 16.7. The molecule has 1 aliphatic carbocycles. The Morgan fingerprint density at radius 3 is 2.62 bits per heavy atom. The Balaban J connectivity index is 1.28. The molecular weight excluding hydrogens is 370 g/mol. The Morgan fingerprint density at radius 1 is 1.28 bits per heavy atom. The molecule has 1 aromatic rings. The number of amides is 2. The first-order valence-corrected chi connectivity index (χ1v) is 10.3. The van der Waals surface area contributed by atoms with Crippen molar-refractivity contribution >= 4 is 17.5 Å². The summed E-state index contributed by atoms with van der Waals surface area (Å²) >= 11 is 0. The molecule has 0 unspecified atom stereocenters. The van der Waals surface area contributed by atoms with Gasteiger partial charge in [-0.1, -0.05) is 17.8 Å². The van der Waals surface area contributed by atoms with Crippen molar-refractivity contribution in [2.75, 3.05) is 19.7 Å². The minimum absolute atomic E-state index is 0.00279. The summed E-state index contributed by atoms with van der Waals surface area (Å²) in [5.41, 5.74) is 0.661. The molecule has 0 aromatic heterocycles. The van der Waals surface area contributed by atoms with Crippen LogP contribution in [0.2, 0.25) is 0 Å². The summed E-state index contributed by atoms with van der Waals surface area (Å²) in [5.74, 6) is 0.601. The average molecular weight is 397 g/mol. The molecule has 4 rings (SSSR count). The fourth-order valence-electron chi connectivity index (χ4n) is 3.88. The molecule has 0 atom stereocenters. The van der Waals surface area contributed by atoms with E-state index in [1.54, 1.807) is 30.3 Å². The summed E-state index contributed by atoms with van der Waals surface area (Å²) in [7, 11) is 0. The molecule has 3 aliphatic rings. The van der Waals surface area contributed by atoms with Gasteiger partial charge in [-0.05, 0) is 43.5 Å². The molecule has 29 heavy (non-hydrogen) atoms. The van der Waals surface area contributed by atoms with Gasteiger partial charge in [0.2, 0.25) is 0 Å². The maximum absolute atomic E-state index is 12.8. The van der Waals surface area contributed by atoms with Crippen molar-refractivity contribution in [2.24, 2.45) is 5.16 Å². The van der Waals surface area contributed by atoms with Gasteiger partial charge in [0, 0.05) is 44.0 Å². The number of benzene rings is 1.